The van der Waals surface area contributed by atoms with Crippen LogP contribution >= 0.6 is 15.6 Å². The van der Waals surface area contributed by atoms with E-state index in [1.807, 2.05) is 0 Å². The first-order chi connectivity index (χ1) is 41.5. The number of carbonyl (C=O) groups is 4. The fourth-order valence-electron chi connectivity index (χ4n) is 10.1. The van der Waals surface area contributed by atoms with E-state index in [4.69, 9.17) is 37.0 Å². The predicted octanol–water partition coefficient (Wildman–Crippen LogP) is 19.0. The average molecular weight is 1270 g/mol. The number of hydrogen-bond donors (Lipinski definition) is 3. The standard InChI is InChI=1S/C67H130O17P2/c1-6-9-12-15-18-21-24-25-26-27-30-33-36-43-48-53-67(72)83-62(56-77-64(69)50-45-40-34-31-28-22-19-16-13-10-7-2)58-81-85(73,74)79-54-61(68)55-80-86(75,76)82-59-63(57-78-65(70)51-46-41-38-37-39-44-49-60(4)5)84-66(71)52-47-42-35-32-29-23-20-17-14-11-8-3/h60-63,68H,6-59H2,1-5H3,(H,73,74)(H,75,76)/t61-,62-,63-/m1/s1. The molecule has 0 spiro atoms. The Labute approximate surface area is 524 Å². The van der Waals surface area contributed by atoms with Crippen molar-refractivity contribution < 1.29 is 80.2 Å². The van der Waals surface area contributed by atoms with Crippen molar-refractivity contribution in [2.75, 3.05) is 39.6 Å². The zero-order chi connectivity index (χ0) is 63.5. The van der Waals surface area contributed by atoms with Crippen LogP contribution < -0.4 is 0 Å². The van der Waals surface area contributed by atoms with E-state index in [9.17, 15) is 43.2 Å². The highest BCUT2D eigenvalue weighted by Crippen LogP contribution is 2.45. The van der Waals surface area contributed by atoms with Crippen molar-refractivity contribution in [1.29, 1.82) is 0 Å². The summed E-state index contributed by atoms with van der Waals surface area (Å²) in [6.45, 7) is 7.14. The van der Waals surface area contributed by atoms with Gasteiger partial charge in [-0.3, -0.25) is 37.3 Å². The van der Waals surface area contributed by atoms with Gasteiger partial charge in [-0.05, 0) is 31.6 Å². The first-order valence-electron chi connectivity index (χ1n) is 35.1. The summed E-state index contributed by atoms with van der Waals surface area (Å²) in [6.07, 6.45) is 45.8. The van der Waals surface area contributed by atoms with E-state index in [0.717, 1.165) is 96.3 Å². The van der Waals surface area contributed by atoms with E-state index < -0.39 is 97.5 Å². The van der Waals surface area contributed by atoms with Gasteiger partial charge in [-0.1, -0.05) is 291 Å². The number of unbranched alkanes of at least 4 members (excludes halogenated alkanes) is 39. The maximum absolute atomic E-state index is 13.0. The van der Waals surface area contributed by atoms with Gasteiger partial charge in [0.05, 0.1) is 26.4 Å². The van der Waals surface area contributed by atoms with Crippen LogP contribution in [0.15, 0.2) is 0 Å². The third kappa shape index (κ3) is 60.9. The summed E-state index contributed by atoms with van der Waals surface area (Å²) in [5, 5.41) is 10.6. The first kappa shape index (κ1) is 84.1. The minimum Gasteiger partial charge on any atom is -0.462 e. The van der Waals surface area contributed by atoms with Gasteiger partial charge in [0.1, 0.15) is 19.3 Å². The molecule has 510 valence electrons. The molecular weight excluding hydrogens is 1140 g/mol. The molecule has 17 nitrogen and oxygen atoms in total. The van der Waals surface area contributed by atoms with Gasteiger partial charge in [0.2, 0.25) is 0 Å². The van der Waals surface area contributed by atoms with Crippen molar-refractivity contribution in [2.45, 2.75) is 361 Å². The lowest BCUT2D eigenvalue weighted by atomic mass is 10.0. The Kier molecular flexibility index (Phi) is 59.2. The lowest BCUT2D eigenvalue weighted by Gasteiger charge is -2.21. The Morgan fingerprint density at radius 1 is 0.314 bits per heavy atom. The van der Waals surface area contributed by atoms with Crippen LogP contribution in [0.5, 0.6) is 0 Å². The number of aliphatic hydroxyl groups is 1. The summed E-state index contributed by atoms with van der Waals surface area (Å²) >= 11 is 0. The Hall–Kier alpha value is -1.94. The zero-order valence-electron chi connectivity index (χ0n) is 55.4. The summed E-state index contributed by atoms with van der Waals surface area (Å²) in [5.41, 5.74) is 0. The number of carbonyl (C=O) groups excluding carboxylic acids is 4. The van der Waals surface area contributed by atoms with Gasteiger partial charge in [-0.15, -0.1) is 0 Å². The largest absolute Gasteiger partial charge is 0.472 e. The molecular formula is C67H130O17P2. The van der Waals surface area contributed by atoms with Crippen molar-refractivity contribution >= 4 is 39.5 Å². The number of phosphoric ester groups is 2. The molecule has 0 aliphatic rings. The van der Waals surface area contributed by atoms with Gasteiger partial charge in [0.25, 0.3) is 0 Å². The van der Waals surface area contributed by atoms with E-state index in [-0.39, 0.29) is 25.7 Å². The van der Waals surface area contributed by atoms with Gasteiger partial charge in [-0.25, -0.2) is 9.13 Å². The van der Waals surface area contributed by atoms with Gasteiger partial charge >= 0.3 is 39.5 Å². The van der Waals surface area contributed by atoms with Crippen LogP contribution in [0, 0.1) is 5.92 Å². The monoisotopic (exact) mass is 1270 g/mol. The van der Waals surface area contributed by atoms with Crippen LogP contribution in [0.3, 0.4) is 0 Å². The molecule has 5 atom stereocenters. The summed E-state index contributed by atoms with van der Waals surface area (Å²) in [4.78, 5) is 72.3. The fourth-order valence-corrected chi connectivity index (χ4v) is 11.7. The third-order valence-corrected chi connectivity index (χ3v) is 17.4. The number of aliphatic hydroxyl groups excluding tert-OH is 1. The maximum atomic E-state index is 13.0. The molecule has 0 rings (SSSR count). The average Bonchev–Trinajstić information content (AvgIpc) is 3.63. The van der Waals surface area contributed by atoms with Crippen molar-refractivity contribution in [3.63, 3.8) is 0 Å². The van der Waals surface area contributed by atoms with E-state index in [1.54, 1.807) is 0 Å². The molecule has 2 unspecified atom stereocenters. The second-order valence-electron chi connectivity index (χ2n) is 24.7. The molecule has 0 bridgehead atoms. The van der Waals surface area contributed by atoms with Crippen molar-refractivity contribution in [3.05, 3.63) is 0 Å². The topological polar surface area (TPSA) is 237 Å². The van der Waals surface area contributed by atoms with Crippen LogP contribution in [0.2, 0.25) is 0 Å². The smallest absolute Gasteiger partial charge is 0.462 e. The molecule has 0 saturated heterocycles. The van der Waals surface area contributed by atoms with Gasteiger partial charge in [0, 0.05) is 25.7 Å². The Morgan fingerprint density at radius 2 is 0.535 bits per heavy atom. The molecule has 3 N–H and O–H groups in total. The lowest BCUT2D eigenvalue weighted by Crippen LogP contribution is -2.30. The van der Waals surface area contributed by atoms with Crippen molar-refractivity contribution in [1.82, 2.24) is 0 Å². The number of esters is 4. The Bertz CT molecular complexity index is 1670. The quantitative estimate of drug-likeness (QED) is 0.0222. The van der Waals surface area contributed by atoms with Crippen LogP contribution in [-0.4, -0.2) is 96.7 Å². The second kappa shape index (κ2) is 60.6. The van der Waals surface area contributed by atoms with E-state index >= 15 is 0 Å². The van der Waals surface area contributed by atoms with Crippen molar-refractivity contribution in [2.24, 2.45) is 5.92 Å². The summed E-state index contributed by atoms with van der Waals surface area (Å²) in [7, 11) is -9.89. The van der Waals surface area contributed by atoms with Crippen molar-refractivity contribution in [3.8, 4) is 0 Å². The molecule has 0 aromatic heterocycles. The number of hydrogen-bond acceptors (Lipinski definition) is 15. The number of ether oxygens (including phenoxy) is 4. The molecule has 0 amide bonds. The first-order valence-corrected chi connectivity index (χ1v) is 38.1. The third-order valence-electron chi connectivity index (χ3n) is 15.5. The molecule has 0 heterocycles. The Balaban J connectivity index is 5.23. The van der Waals surface area contributed by atoms with E-state index in [0.29, 0.717) is 31.6 Å². The molecule has 0 aromatic rings. The molecule has 19 heteroatoms. The molecule has 0 fully saturated rings. The molecule has 86 heavy (non-hydrogen) atoms. The van der Waals surface area contributed by atoms with E-state index in [2.05, 4.69) is 34.6 Å². The fraction of sp³-hybridized carbons (Fsp3) is 0.940. The molecule has 0 radical (unpaired) electrons. The molecule has 0 saturated carbocycles. The predicted molar refractivity (Wildman–Crippen MR) is 345 cm³/mol. The highest BCUT2D eigenvalue weighted by Gasteiger charge is 2.30. The zero-order valence-corrected chi connectivity index (χ0v) is 57.2. The number of phosphoric acid groups is 2. The summed E-state index contributed by atoms with van der Waals surface area (Å²) in [6, 6.07) is 0. The summed E-state index contributed by atoms with van der Waals surface area (Å²) in [5.74, 6) is -1.45. The minimum absolute atomic E-state index is 0.106. The normalized spacial score (nSPS) is 14.2. The maximum Gasteiger partial charge on any atom is 0.472 e. The number of rotatable bonds is 67. The van der Waals surface area contributed by atoms with Crippen LogP contribution in [-0.2, 0) is 65.4 Å². The highest BCUT2D eigenvalue weighted by molar-refractivity contribution is 7.47. The van der Waals surface area contributed by atoms with Crippen LogP contribution in [0.25, 0.3) is 0 Å². The van der Waals surface area contributed by atoms with E-state index in [1.165, 1.54) is 161 Å². The lowest BCUT2D eigenvalue weighted by molar-refractivity contribution is -0.161. The van der Waals surface area contributed by atoms with Gasteiger partial charge in [0.15, 0.2) is 12.2 Å². The Morgan fingerprint density at radius 3 is 0.791 bits per heavy atom. The minimum atomic E-state index is -4.95. The molecule has 0 aliphatic carbocycles. The van der Waals surface area contributed by atoms with Gasteiger partial charge < -0.3 is 33.8 Å². The summed E-state index contributed by atoms with van der Waals surface area (Å²) < 4.78 is 68.1. The highest BCUT2D eigenvalue weighted by atomic mass is 31.2. The van der Waals surface area contributed by atoms with Crippen LogP contribution in [0.1, 0.15) is 343 Å². The molecule has 0 aromatic carbocycles. The van der Waals surface area contributed by atoms with Crippen LogP contribution in [0.4, 0.5) is 0 Å². The second-order valence-corrected chi connectivity index (χ2v) is 27.6. The molecule has 0 aliphatic heterocycles. The van der Waals surface area contributed by atoms with Gasteiger partial charge in [-0.2, -0.15) is 0 Å². The SMILES string of the molecule is CCCCCCCCCCCCCCCCCC(=O)O[C@H](COC(=O)CCCCCCCCCCCCC)COP(=O)(O)OC[C@@H](O)COP(=O)(O)OC[C@@H](COC(=O)CCCCCCCCC(C)C)OC(=O)CCCCCCCCCCCCC.